The second-order valence-corrected chi connectivity index (χ2v) is 12.0. The Morgan fingerprint density at radius 3 is 1.60 bits per heavy atom. The number of benzene rings is 4. The zero-order valence-electron chi connectivity index (χ0n) is 26.6. The van der Waals surface area contributed by atoms with Crippen molar-refractivity contribution in [2.24, 2.45) is 0 Å². The molecule has 0 aliphatic heterocycles. The molecule has 3 atom stereocenters. The van der Waals surface area contributed by atoms with Crippen molar-refractivity contribution in [1.82, 2.24) is 0 Å². The topological polar surface area (TPSA) is 88.1 Å². The first-order chi connectivity index (χ1) is 22.9. The van der Waals surface area contributed by atoms with E-state index in [-0.39, 0.29) is 31.3 Å². The van der Waals surface area contributed by atoms with Crippen LogP contribution in [0, 0.1) is 6.92 Å². The molecule has 0 aliphatic rings. The maximum absolute atomic E-state index is 13.4. The summed E-state index contributed by atoms with van der Waals surface area (Å²) in [5.41, 5.74) is 3.51. The number of allylic oxidation sites excluding steroid dienone is 4. The van der Waals surface area contributed by atoms with Crippen molar-refractivity contribution in [1.29, 1.82) is 0 Å². The monoisotopic (exact) mass is 654 g/mol. The van der Waals surface area contributed by atoms with Crippen LogP contribution in [0.4, 0.5) is 0 Å². The summed E-state index contributed by atoms with van der Waals surface area (Å²) in [5.74, 6) is 0. The van der Waals surface area contributed by atoms with Crippen molar-refractivity contribution in [3.63, 3.8) is 0 Å². The molecule has 0 N–H and O–H groups in total. The van der Waals surface area contributed by atoms with Gasteiger partial charge in [0.15, 0.2) is 6.29 Å². The first kappa shape index (κ1) is 37.0. The molecule has 0 amide bonds. The van der Waals surface area contributed by atoms with Gasteiger partial charge in [-0.3, -0.25) is 4.18 Å². The van der Waals surface area contributed by atoms with Gasteiger partial charge in [0, 0.05) is 0 Å². The Labute approximate surface area is 278 Å². The largest absolute Gasteiger partial charge is 0.374 e. The molecule has 0 radical (unpaired) electrons. The Balaban J connectivity index is 0.000000913. The molecule has 7 nitrogen and oxygen atoms in total. The van der Waals surface area contributed by atoms with Crippen LogP contribution in [0.5, 0.6) is 0 Å². The third kappa shape index (κ3) is 13.4. The molecule has 0 bridgehead atoms. The third-order valence-electron chi connectivity index (χ3n) is 6.73. The summed E-state index contributed by atoms with van der Waals surface area (Å²) in [6, 6.07) is 34.6. The van der Waals surface area contributed by atoms with E-state index in [1.54, 1.807) is 24.3 Å². The van der Waals surface area contributed by atoms with Crippen LogP contribution in [-0.4, -0.2) is 39.6 Å². The predicted molar refractivity (Wildman–Crippen MR) is 185 cm³/mol. The number of carbonyl (C=O) groups excluding carboxylic acids is 1. The van der Waals surface area contributed by atoms with E-state index in [1.165, 1.54) is 12.1 Å². The molecule has 246 valence electrons. The normalized spacial score (nSPS) is 13.1. The number of carbonyl (C=O) groups is 1. The van der Waals surface area contributed by atoms with E-state index >= 15 is 0 Å². The number of aryl methyl sites for hydroxylation is 1. The quantitative estimate of drug-likeness (QED) is 0.0621. The highest BCUT2D eigenvalue weighted by atomic mass is 32.2. The molecule has 47 heavy (non-hydrogen) atoms. The van der Waals surface area contributed by atoms with Crippen LogP contribution in [0.25, 0.3) is 0 Å². The maximum Gasteiger partial charge on any atom is 0.297 e. The average molecular weight is 655 g/mol. The van der Waals surface area contributed by atoms with Gasteiger partial charge in [0.1, 0.15) is 18.3 Å². The zero-order chi connectivity index (χ0) is 33.7. The smallest absolute Gasteiger partial charge is 0.297 e. The third-order valence-corrected chi connectivity index (χ3v) is 8.08. The second kappa shape index (κ2) is 20.6. The van der Waals surface area contributed by atoms with E-state index in [9.17, 15) is 13.2 Å². The van der Waals surface area contributed by atoms with Crippen LogP contribution < -0.4 is 0 Å². The van der Waals surface area contributed by atoms with E-state index in [2.05, 4.69) is 13.2 Å². The molecule has 0 saturated carbocycles. The predicted octanol–water partition coefficient (Wildman–Crippen LogP) is 7.57. The Bertz CT molecular complexity index is 1590. The molecule has 4 aromatic rings. The highest BCUT2D eigenvalue weighted by Gasteiger charge is 2.36. The lowest BCUT2D eigenvalue weighted by Crippen LogP contribution is -2.46. The number of hydrogen-bond donors (Lipinski definition) is 0. The summed E-state index contributed by atoms with van der Waals surface area (Å²) >= 11 is 0. The fourth-order valence-electron chi connectivity index (χ4n) is 4.28. The van der Waals surface area contributed by atoms with Gasteiger partial charge >= 0.3 is 0 Å². The lowest BCUT2D eigenvalue weighted by Gasteiger charge is -2.30. The standard InChI is InChI=1S/C33H34O7S.C6H8/c1-26-17-19-30(20-18-26)41(35,36)40-32(25-37-22-27-11-5-2-6-12-27)33(39-24-29-15-9-4-10-16-29)31(21-34)38-23-28-13-7-3-8-14-28;1-3-5-6-4-2/h2-21,31-33H,22-25H2,1H3;3-6H,1-2H2/b;6-5-. The van der Waals surface area contributed by atoms with Crippen LogP contribution in [0.1, 0.15) is 22.3 Å². The molecule has 0 spiro atoms. The van der Waals surface area contributed by atoms with Gasteiger partial charge in [-0.15, -0.1) is 0 Å². The number of ether oxygens (including phenoxy) is 3. The maximum atomic E-state index is 13.4. The molecule has 3 unspecified atom stereocenters. The van der Waals surface area contributed by atoms with E-state index in [4.69, 9.17) is 18.4 Å². The van der Waals surface area contributed by atoms with Crippen molar-refractivity contribution in [3.05, 3.63) is 175 Å². The molecular formula is C39H42O7S. The molecule has 0 heterocycles. The Kier molecular flexibility index (Phi) is 16.3. The molecule has 0 saturated heterocycles. The van der Waals surface area contributed by atoms with Crippen molar-refractivity contribution < 1.29 is 31.6 Å². The van der Waals surface area contributed by atoms with E-state index in [0.29, 0.717) is 6.29 Å². The summed E-state index contributed by atoms with van der Waals surface area (Å²) < 4.78 is 50.7. The Hall–Kier alpha value is -4.44. The molecule has 4 aromatic carbocycles. The second-order valence-electron chi connectivity index (χ2n) is 10.4. The lowest BCUT2D eigenvalue weighted by molar-refractivity contribution is -0.151. The van der Waals surface area contributed by atoms with Crippen LogP contribution in [0.15, 0.2) is 158 Å². The molecular weight excluding hydrogens is 612 g/mol. The van der Waals surface area contributed by atoms with E-state index in [1.807, 2.05) is 110 Å². The number of hydrogen-bond acceptors (Lipinski definition) is 7. The summed E-state index contributed by atoms with van der Waals surface area (Å²) in [7, 11) is -4.24. The summed E-state index contributed by atoms with van der Waals surface area (Å²) in [6.45, 7) is 9.07. The minimum Gasteiger partial charge on any atom is -0.374 e. The average Bonchev–Trinajstić information content (AvgIpc) is 3.10. The molecule has 0 aliphatic carbocycles. The van der Waals surface area contributed by atoms with Gasteiger partial charge in [-0.2, -0.15) is 8.42 Å². The number of aldehydes is 1. The Morgan fingerprint density at radius 2 is 1.13 bits per heavy atom. The van der Waals surface area contributed by atoms with Gasteiger partial charge < -0.3 is 19.0 Å². The van der Waals surface area contributed by atoms with Crippen LogP contribution >= 0.6 is 0 Å². The van der Waals surface area contributed by atoms with Crippen molar-refractivity contribution in [2.45, 2.75) is 50.0 Å². The van der Waals surface area contributed by atoms with Gasteiger partial charge in [-0.1, -0.05) is 146 Å². The van der Waals surface area contributed by atoms with E-state index in [0.717, 1.165) is 22.3 Å². The highest BCUT2D eigenvalue weighted by Crippen LogP contribution is 2.22. The van der Waals surface area contributed by atoms with Gasteiger partial charge in [0.05, 0.1) is 31.3 Å². The van der Waals surface area contributed by atoms with Crippen LogP contribution in [-0.2, 0) is 53.1 Å². The van der Waals surface area contributed by atoms with Crippen molar-refractivity contribution in [3.8, 4) is 0 Å². The molecule has 8 heteroatoms. The summed E-state index contributed by atoms with van der Waals surface area (Å²) in [5, 5.41) is 0. The van der Waals surface area contributed by atoms with Gasteiger partial charge in [0.2, 0.25) is 0 Å². The zero-order valence-corrected chi connectivity index (χ0v) is 27.4. The molecule has 0 aromatic heterocycles. The SMILES string of the molecule is C=C/C=C\C=C.Cc1ccc(S(=O)(=O)OC(COCc2ccccc2)C(OCc2ccccc2)C(C=O)OCc2ccccc2)cc1. The molecule has 4 rings (SSSR count). The minimum absolute atomic E-state index is 0.00849. The first-order valence-electron chi connectivity index (χ1n) is 15.1. The van der Waals surface area contributed by atoms with Crippen LogP contribution in [0.3, 0.4) is 0 Å². The van der Waals surface area contributed by atoms with Crippen molar-refractivity contribution >= 4 is 16.4 Å². The van der Waals surface area contributed by atoms with Gasteiger partial charge in [0.25, 0.3) is 10.1 Å². The van der Waals surface area contributed by atoms with Gasteiger partial charge in [-0.25, -0.2) is 0 Å². The highest BCUT2D eigenvalue weighted by molar-refractivity contribution is 7.86. The first-order valence-corrected chi connectivity index (χ1v) is 16.5. The Morgan fingerprint density at radius 1 is 0.660 bits per heavy atom. The van der Waals surface area contributed by atoms with Gasteiger partial charge in [-0.05, 0) is 35.7 Å². The minimum atomic E-state index is -4.24. The summed E-state index contributed by atoms with van der Waals surface area (Å²) in [4.78, 5) is 12.4. The number of rotatable bonds is 18. The fraction of sp³-hybridized carbons (Fsp3) is 0.205. The van der Waals surface area contributed by atoms with E-state index < -0.39 is 28.4 Å². The lowest BCUT2D eigenvalue weighted by atomic mass is 10.1. The molecule has 0 fully saturated rings. The summed E-state index contributed by atoms with van der Waals surface area (Å²) in [6.07, 6.45) is 4.25. The van der Waals surface area contributed by atoms with Crippen LogP contribution in [0.2, 0.25) is 0 Å². The van der Waals surface area contributed by atoms with Crippen molar-refractivity contribution in [2.75, 3.05) is 6.61 Å². The fourth-order valence-corrected chi connectivity index (χ4v) is 5.35.